The second kappa shape index (κ2) is 3.70. The highest BCUT2D eigenvalue weighted by atomic mass is 79.9. The number of hydrogen-bond acceptors (Lipinski definition) is 1. The Kier molecular flexibility index (Phi) is 2.58. The monoisotopic (exact) mass is 239 g/mol. The van der Waals surface area contributed by atoms with Crippen LogP contribution in [-0.2, 0) is 6.42 Å². The summed E-state index contributed by atoms with van der Waals surface area (Å²) in [5, 5.41) is 3.48. The van der Waals surface area contributed by atoms with Crippen LogP contribution in [0.4, 0.5) is 5.69 Å². The molecule has 1 unspecified atom stereocenters. The highest BCUT2D eigenvalue weighted by Crippen LogP contribution is 2.26. The second-order valence-corrected chi connectivity index (χ2v) is 4.74. The molecule has 1 N–H and O–H groups in total. The molecule has 0 saturated heterocycles. The molecule has 0 amide bonds. The lowest BCUT2D eigenvalue weighted by molar-refractivity contribution is 0.571. The van der Waals surface area contributed by atoms with Gasteiger partial charge < -0.3 is 5.32 Å². The van der Waals surface area contributed by atoms with E-state index in [-0.39, 0.29) is 0 Å². The van der Waals surface area contributed by atoms with Crippen LogP contribution >= 0.6 is 15.9 Å². The van der Waals surface area contributed by atoms with Gasteiger partial charge in [0.1, 0.15) is 0 Å². The Hall–Kier alpha value is -0.500. The molecule has 1 aliphatic heterocycles. The lowest BCUT2D eigenvalue weighted by atomic mass is 10.0. The molecule has 0 spiro atoms. The third kappa shape index (κ3) is 2.05. The summed E-state index contributed by atoms with van der Waals surface area (Å²) >= 11 is 3.50. The van der Waals surface area contributed by atoms with Gasteiger partial charge >= 0.3 is 0 Å². The van der Waals surface area contributed by atoms with Gasteiger partial charge in [-0.15, -0.1) is 0 Å². The number of rotatable bonds is 0. The molecule has 2 heteroatoms. The second-order valence-electron chi connectivity index (χ2n) is 3.83. The van der Waals surface area contributed by atoms with Gasteiger partial charge in [0.15, 0.2) is 0 Å². The summed E-state index contributed by atoms with van der Waals surface area (Å²) in [6.45, 7) is 3.41. The SMILES string of the molecule is CC1CCc2cc(Br)ccc2NC1. The number of nitrogens with one attached hydrogen (secondary N) is 1. The Morgan fingerprint density at radius 1 is 1.46 bits per heavy atom. The number of hydrogen-bond donors (Lipinski definition) is 1. The van der Waals surface area contributed by atoms with E-state index in [0.717, 1.165) is 12.5 Å². The summed E-state index contributed by atoms with van der Waals surface area (Å²) in [6.07, 6.45) is 2.49. The summed E-state index contributed by atoms with van der Waals surface area (Å²) in [5.41, 5.74) is 2.76. The van der Waals surface area contributed by atoms with Crippen LogP contribution in [0.1, 0.15) is 18.9 Å². The highest BCUT2D eigenvalue weighted by Gasteiger charge is 2.11. The Morgan fingerprint density at radius 2 is 2.31 bits per heavy atom. The number of halogens is 1. The van der Waals surface area contributed by atoms with Crippen molar-refractivity contribution in [2.24, 2.45) is 5.92 Å². The topological polar surface area (TPSA) is 12.0 Å². The fraction of sp³-hybridized carbons (Fsp3) is 0.455. The van der Waals surface area contributed by atoms with Crippen molar-refractivity contribution in [2.45, 2.75) is 19.8 Å². The van der Waals surface area contributed by atoms with Gasteiger partial charge in [0.25, 0.3) is 0 Å². The predicted octanol–water partition coefficient (Wildman–Crippen LogP) is 3.44. The molecule has 0 bridgehead atoms. The Morgan fingerprint density at radius 3 is 3.15 bits per heavy atom. The molecule has 0 radical (unpaired) electrons. The largest absolute Gasteiger partial charge is 0.385 e. The summed E-state index contributed by atoms with van der Waals surface area (Å²) < 4.78 is 1.18. The maximum absolute atomic E-state index is 3.50. The van der Waals surface area contributed by atoms with Crippen LogP contribution in [0.15, 0.2) is 22.7 Å². The molecule has 2 rings (SSSR count). The molecule has 0 aliphatic carbocycles. The van der Waals surface area contributed by atoms with Crippen LogP contribution in [0.3, 0.4) is 0 Å². The van der Waals surface area contributed by atoms with Gasteiger partial charge in [0.05, 0.1) is 0 Å². The van der Waals surface area contributed by atoms with Crippen LogP contribution in [0.25, 0.3) is 0 Å². The van der Waals surface area contributed by atoms with E-state index < -0.39 is 0 Å². The van der Waals surface area contributed by atoms with Crippen molar-refractivity contribution in [1.82, 2.24) is 0 Å². The van der Waals surface area contributed by atoms with E-state index in [2.05, 4.69) is 46.4 Å². The van der Waals surface area contributed by atoms with E-state index in [1.165, 1.54) is 28.6 Å². The first kappa shape index (κ1) is 9.07. The maximum atomic E-state index is 3.50. The van der Waals surface area contributed by atoms with Crippen LogP contribution in [0.5, 0.6) is 0 Å². The third-order valence-corrected chi connectivity index (χ3v) is 3.11. The third-order valence-electron chi connectivity index (χ3n) is 2.61. The highest BCUT2D eigenvalue weighted by molar-refractivity contribution is 9.10. The summed E-state index contributed by atoms with van der Waals surface area (Å²) in [7, 11) is 0. The van der Waals surface area contributed by atoms with Crippen molar-refractivity contribution in [3.63, 3.8) is 0 Å². The number of benzene rings is 1. The van der Waals surface area contributed by atoms with Crippen LogP contribution in [0, 0.1) is 5.92 Å². The van der Waals surface area contributed by atoms with Crippen molar-refractivity contribution >= 4 is 21.6 Å². The van der Waals surface area contributed by atoms with Crippen LogP contribution < -0.4 is 5.32 Å². The lowest BCUT2D eigenvalue weighted by Crippen LogP contribution is -2.08. The summed E-state index contributed by atoms with van der Waals surface area (Å²) in [4.78, 5) is 0. The standard InChI is InChI=1S/C11H14BrN/c1-8-2-3-9-6-10(12)4-5-11(9)13-7-8/h4-6,8,13H,2-3,7H2,1H3. The molecular weight excluding hydrogens is 226 g/mol. The molecule has 1 atom stereocenters. The maximum Gasteiger partial charge on any atom is 0.0373 e. The normalized spacial score (nSPS) is 21.5. The zero-order chi connectivity index (χ0) is 9.26. The van der Waals surface area contributed by atoms with Gasteiger partial charge in [-0.3, -0.25) is 0 Å². The predicted molar refractivity (Wildman–Crippen MR) is 60.1 cm³/mol. The minimum absolute atomic E-state index is 0.783. The molecule has 1 aliphatic rings. The minimum atomic E-state index is 0.783. The van der Waals surface area contributed by atoms with Gasteiger partial charge in [-0.2, -0.15) is 0 Å². The van der Waals surface area contributed by atoms with Crippen LogP contribution in [-0.4, -0.2) is 6.54 Å². The molecule has 1 heterocycles. The minimum Gasteiger partial charge on any atom is -0.385 e. The average Bonchev–Trinajstić information content (AvgIpc) is 2.29. The average molecular weight is 240 g/mol. The summed E-state index contributed by atoms with van der Waals surface area (Å²) in [5.74, 6) is 0.783. The quantitative estimate of drug-likeness (QED) is 0.732. The molecule has 13 heavy (non-hydrogen) atoms. The fourth-order valence-electron chi connectivity index (χ4n) is 1.73. The zero-order valence-electron chi connectivity index (χ0n) is 7.81. The lowest BCUT2D eigenvalue weighted by Gasteiger charge is -2.08. The van der Waals surface area contributed by atoms with Gasteiger partial charge in [0.2, 0.25) is 0 Å². The van der Waals surface area contributed by atoms with Crippen molar-refractivity contribution in [3.8, 4) is 0 Å². The van der Waals surface area contributed by atoms with Crippen molar-refractivity contribution in [2.75, 3.05) is 11.9 Å². The van der Waals surface area contributed by atoms with E-state index in [1.807, 2.05) is 0 Å². The molecule has 70 valence electrons. The number of aryl methyl sites for hydroxylation is 1. The van der Waals surface area contributed by atoms with Gasteiger partial charge in [-0.25, -0.2) is 0 Å². The molecule has 1 nitrogen and oxygen atoms in total. The first-order chi connectivity index (χ1) is 6.25. The van der Waals surface area contributed by atoms with E-state index in [4.69, 9.17) is 0 Å². The number of anilines is 1. The number of fused-ring (bicyclic) bond motifs is 1. The molecular formula is C11H14BrN. The van der Waals surface area contributed by atoms with Crippen molar-refractivity contribution in [3.05, 3.63) is 28.2 Å². The Bertz CT molecular complexity index is 309. The fourth-order valence-corrected chi connectivity index (χ4v) is 2.14. The van der Waals surface area contributed by atoms with E-state index in [1.54, 1.807) is 0 Å². The first-order valence-corrected chi connectivity index (χ1v) is 5.57. The van der Waals surface area contributed by atoms with Crippen molar-refractivity contribution in [1.29, 1.82) is 0 Å². The van der Waals surface area contributed by atoms with E-state index in [0.29, 0.717) is 0 Å². The first-order valence-electron chi connectivity index (χ1n) is 4.78. The molecule has 1 aromatic carbocycles. The summed E-state index contributed by atoms with van der Waals surface area (Å²) in [6, 6.07) is 6.49. The zero-order valence-corrected chi connectivity index (χ0v) is 9.39. The molecule has 0 aromatic heterocycles. The van der Waals surface area contributed by atoms with Crippen molar-refractivity contribution < 1.29 is 0 Å². The smallest absolute Gasteiger partial charge is 0.0373 e. The Labute approximate surface area is 87.7 Å². The van der Waals surface area contributed by atoms with Gasteiger partial charge in [-0.05, 0) is 42.5 Å². The van der Waals surface area contributed by atoms with Crippen LogP contribution in [0.2, 0.25) is 0 Å². The van der Waals surface area contributed by atoms with E-state index >= 15 is 0 Å². The molecule has 1 aromatic rings. The van der Waals surface area contributed by atoms with E-state index in [9.17, 15) is 0 Å². The van der Waals surface area contributed by atoms with Gasteiger partial charge in [0, 0.05) is 16.7 Å². The Balaban J connectivity index is 2.30. The van der Waals surface area contributed by atoms with Gasteiger partial charge in [-0.1, -0.05) is 22.9 Å². The molecule has 0 saturated carbocycles. The molecule has 0 fully saturated rings.